The number of aliphatic carboxylic acids is 1. The van der Waals surface area contributed by atoms with Gasteiger partial charge in [0.05, 0.1) is 11.3 Å². The number of ether oxygens (including phenoxy) is 2. The Labute approximate surface area is 110 Å². The van der Waals surface area contributed by atoms with Gasteiger partial charge in [0.15, 0.2) is 11.5 Å². The summed E-state index contributed by atoms with van der Waals surface area (Å²) in [6.45, 7) is 1.53. The van der Waals surface area contributed by atoms with E-state index in [2.05, 4.69) is 4.72 Å². The zero-order valence-corrected chi connectivity index (χ0v) is 11.0. The third-order valence-corrected chi connectivity index (χ3v) is 4.19. The van der Waals surface area contributed by atoms with E-state index in [4.69, 9.17) is 14.6 Å². The molecule has 2 N–H and O–H groups in total. The van der Waals surface area contributed by atoms with Crippen LogP contribution in [-0.4, -0.2) is 32.8 Å². The van der Waals surface area contributed by atoms with Crippen molar-refractivity contribution >= 4 is 16.0 Å². The van der Waals surface area contributed by atoms with E-state index < -0.39 is 16.0 Å². The molecule has 0 aliphatic carbocycles. The highest BCUT2D eigenvalue weighted by Crippen LogP contribution is 2.36. The van der Waals surface area contributed by atoms with Crippen LogP contribution in [0.15, 0.2) is 17.0 Å². The topological polar surface area (TPSA) is 102 Å². The van der Waals surface area contributed by atoms with Gasteiger partial charge in [0.25, 0.3) is 0 Å². The van der Waals surface area contributed by atoms with Gasteiger partial charge in [-0.2, -0.15) is 0 Å². The number of carbonyl (C=O) groups is 1. The van der Waals surface area contributed by atoms with Gasteiger partial charge < -0.3 is 14.6 Å². The Hall–Kier alpha value is -1.80. The molecule has 0 spiro atoms. The van der Waals surface area contributed by atoms with E-state index in [1.165, 1.54) is 6.07 Å². The van der Waals surface area contributed by atoms with E-state index in [-0.39, 0.29) is 24.7 Å². The zero-order chi connectivity index (χ0) is 14.0. The molecule has 1 aliphatic rings. The Kier molecular flexibility index (Phi) is 3.63. The summed E-state index contributed by atoms with van der Waals surface area (Å²) < 4.78 is 36.6. The lowest BCUT2D eigenvalue weighted by atomic mass is 10.2. The Balaban J connectivity index is 2.23. The summed E-state index contributed by atoms with van der Waals surface area (Å²) in [7, 11) is -3.76. The van der Waals surface area contributed by atoms with Crippen LogP contribution in [0, 0.1) is 6.92 Å². The third kappa shape index (κ3) is 2.96. The average molecular weight is 287 g/mol. The molecule has 0 saturated carbocycles. The minimum Gasteiger partial charge on any atom is -0.481 e. The predicted molar refractivity (Wildman–Crippen MR) is 64.7 cm³/mol. The molecule has 19 heavy (non-hydrogen) atoms. The Morgan fingerprint density at radius 1 is 1.37 bits per heavy atom. The molecule has 1 aromatic rings. The first-order valence-electron chi connectivity index (χ1n) is 5.52. The minimum absolute atomic E-state index is 0.0575. The summed E-state index contributed by atoms with van der Waals surface area (Å²) >= 11 is 0. The first-order valence-corrected chi connectivity index (χ1v) is 7.00. The lowest BCUT2D eigenvalue weighted by molar-refractivity contribution is -0.136. The monoisotopic (exact) mass is 287 g/mol. The van der Waals surface area contributed by atoms with Gasteiger partial charge >= 0.3 is 5.97 Å². The molecular formula is C11H13NO6S. The molecule has 8 heteroatoms. The summed E-state index contributed by atoms with van der Waals surface area (Å²) in [5.74, 6) is -0.198. The number of hydrogen-bond acceptors (Lipinski definition) is 5. The van der Waals surface area contributed by atoms with Gasteiger partial charge in [-0.3, -0.25) is 4.79 Å². The van der Waals surface area contributed by atoms with Gasteiger partial charge in [-0.25, -0.2) is 13.1 Å². The Morgan fingerprint density at radius 3 is 2.63 bits per heavy atom. The number of fused-ring (bicyclic) bond motifs is 1. The normalized spacial score (nSPS) is 13.5. The van der Waals surface area contributed by atoms with Crippen molar-refractivity contribution in [2.45, 2.75) is 18.2 Å². The van der Waals surface area contributed by atoms with Gasteiger partial charge in [-0.1, -0.05) is 0 Å². The van der Waals surface area contributed by atoms with Crippen LogP contribution < -0.4 is 14.2 Å². The van der Waals surface area contributed by atoms with Crippen molar-refractivity contribution in [3.63, 3.8) is 0 Å². The number of rotatable bonds is 5. The van der Waals surface area contributed by atoms with Crippen molar-refractivity contribution in [2.24, 2.45) is 0 Å². The van der Waals surface area contributed by atoms with E-state index >= 15 is 0 Å². The molecule has 0 amide bonds. The van der Waals surface area contributed by atoms with Gasteiger partial charge in [0.2, 0.25) is 16.8 Å². The smallest absolute Gasteiger partial charge is 0.304 e. The maximum atomic E-state index is 12.0. The summed E-state index contributed by atoms with van der Waals surface area (Å²) in [4.78, 5) is 10.4. The largest absolute Gasteiger partial charge is 0.481 e. The number of nitrogens with one attached hydrogen (secondary N) is 1. The maximum absolute atomic E-state index is 12.0. The highest BCUT2D eigenvalue weighted by molar-refractivity contribution is 7.89. The summed E-state index contributed by atoms with van der Waals surface area (Å²) in [6, 6.07) is 2.95. The standard InChI is InChI=1S/C11H13NO6S/c1-7-4-8-9(18-6-17-8)5-10(7)19(15,16)12-3-2-11(13)14/h4-5,12H,2-3,6H2,1H3,(H,13,14). The number of sulfonamides is 1. The molecule has 0 atom stereocenters. The second-order valence-electron chi connectivity index (χ2n) is 4.01. The molecule has 7 nitrogen and oxygen atoms in total. The van der Waals surface area contributed by atoms with Gasteiger partial charge in [-0.15, -0.1) is 0 Å². The molecule has 1 heterocycles. The second-order valence-corrected chi connectivity index (χ2v) is 5.75. The van der Waals surface area contributed by atoms with Crippen LogP contribution in [0.1, 0.15) is 12.0 Å². The highest BCUT2D eigenvalue weighted by atomic mass is 32.2. The fourth-order valence-corrected chi connectivity index (χ4v) is 2.96. The second kappa shape index (κ2) is 5.06. The lowest BCUT2D eigenvalue weighted by Gasteiger charge is -2.09. The molecule has 104 valence electrons. The first-order chi connectivity index (χ1) is 8.90. The molecule has 1 aliphatic heterocycles. The molecule has 0 aromatic heterocycles. The number of aryl methyl sites for hydroxylation is 1. The summed E-state index contributed by atoms with van der Waals surface area (Å²) in [5, 5.41) is 8.49. The van der Waals surface area contributed by atoms with Crippen molar-refractivity contribution in [1.29, 1.82) is 0 Å². The van der Waals surface area contributed by atoms with Crippen molar-refractivity contribution in [1.82, 2.24) is 4.72 Å². The van der Waals surface area contributed by atoms with Crippen LogP contribution in [0.2, 0.25) is 0 Å². The molecule has 1 aromatic carbocycles. The van der Waals surface area contributed by atoms with E-state index in [1.807, 2.05) is 0 Å². The summed E-state index contributed by atoms with van der Waals surface area (Å²) in [5.41, 5.74) is 0.507. The van der Waals surface area contributed by atoms with Gasteiger partial charge in [0, 0.05) is 12.6 Å². The fraction of sp³-hybridized carbons (Fsp3) is 0.364. The maximum Gasteiger partial charge on any atom is 0.304 e. The zero-order valence-electron chi connectivity index (χ0n) is 10.2. The third-order valence-electron chi connectivity index (χ3n) is 2.59. The van der Waals surface area contributed by atoms with Crippen molar-refractivity contribution < 1.29 is 27.8 Å². The van der Waals surface area contributed by atoms with E-state index in [9.17, 15) is 13.2 Å². The minimum atomic E-state index is -3.76. The van der Waals surface area contributed by atoms with Crippen LogP contribution in [0.3, 0.4) is 0 Å². The van der Waals surface area contributed by atoms with Crippen LogP contribution >= 0.6 is 0 Å². The van der Waals surface area contributed by atoms with E-state index in [1.54, 1.807) is 13.0 Å². The molecule has 0 bridgehead atoms. The molecular weight excluding hydrogens is 274 g/mol. The van der Waals surface area contributed by atoms with Crippen LogP contribution in [-0.2, 0) is 14.8 Å². The highest BCUT2D eigenvalue weighted by Gasteiger charge is 2.22. The van der Waals surface area contributed by atoms with Gasteiger partial charge in [-0.05, 0) is 18.6 Å². The number of carboxylic acid groups (broad SMARTS) is 1. The lowest BCUT2D eigenvalue weighted by Crippen LogP contribution is -2.26. The summed E-state index contributed by atoms with van der Waals surface area (Å²) in [6.07, 6.45) is -0.275. The molecule has 0 unspecified atom stereocenters. The SMILES string of the molecule is Cc1cc2c(cc1S(=O)(=O)NCCC(=O)O)OCO2. The number of benzene rings is 1. The molecule has 0 saturated heterocycles. The van der Waals surface area contributed by atoms with Crippen LogP contribution in [0.5, 0.6) is 11.5 Å². The van der Waals surface area contributed by atoms with E-state index in [0.29, 0.717) is 17.1 Å². The predicted octanol–water partition coefficient (Wildman–Crippen LogP) is 0.477. The fourth-order valence-electron chi connectivity index (χ4n) is 1.68. The van der Waals surface area contributed by atoms with E-state index in [0.717, 1.165) is 0 Å². The van der Waals surface area contributed by atoms with Crippen molar-refractivity contribution in [2.75, 3.05) is 13.3 Å². The van der Waals surface area contributed by atoms with Gasteiger partial charge in [0.1, 0.15) is 0 Å². The first kappa shape index (κ1) is 13.6. The Bertz CT molecular complexity index is 610. The molecule has 0 fully saturated rings. The number of carboxylic acids is 1. The molecule has 2 rings (SSSR count). The van der Waals surface area contributed by atoms with Crippen LogP contribution in [0.25, 0.3) is 0 Å². The quantitative estimate of drug-likeness (QED) is 0.816. The van der Waals surface area contributed by atoms with Crippen molar-refractivity contribution in [3.05, 3.63) is 17.7 Å². The average Bonchev–Trinajstić information content (AvgIpc) is 2.73. The Morgan fingerprint density at radius 2 is 2.00 bits per heavy atom. The van der Waals surface area contributed by atoms with Crippen molar-refractivity contribution in [3.8, 4) is 11.5 Å². The molecule has 0 radical (unpaired) electrons. The number of hydrogen-bond donors (Lipinski definition) is 2. The van der Waals surface area contributed by atoms with Crippen LogP contribution in [0.4, 0.5) is 0 Å².